The molecule has 2 fully saturated rings. The number of nitrogens with one attached hydrogen (secondary N) is 1. The van der Waals surface area contributed by atoms with Gasteiger partial charge < -0.3 is 0 Å². The predicted molar refractivity (Wildman–Crippen MR) is 103 cm³/mol. The zero-order valence-electron chi connectivity index (χ0n) is 15.4. The molecule has 2 saturated carbocycles. The number of hydrogen-bond acceptors (Lipinski definition) is 4. The summed E-state index contributed by atoms with van der Waals surface area (Å²) in [4.78, 5) is 12.3. The Balaban J connectivity index is 1.59. The third-order valence-corrected chi connectivity index (χ3v) is 8.58. The molecule has 3 rings (SSSR count). The van der Waals surface area contributed by atoms with Crippen LogP contribution in [-0.2, 0) is 14.6 Å². The molecule has 0 aliphatic heterocycles. The van der Waals surface area contributed by atoms with E-state index in [1.807, 2.05) is 0 Å². The molecule has 2 aliphatic rings. The Hall–Kier alpha value is -1.40. The highest BCUT2D eigenvalue weighted by atomic mass is 35.5. The van der Waals surface area contributed by atoms with E-state index in [2.05, 4.69) is 31.3 Å². The second-order valence-corrected chi connectivity index (χ2v) is 10.7. The number of nitrogens with zero attached hydrogens (tertiary/aromatic N) is 1. The predicted octanol–water partition coefficient (Wildman–Crippen LogP) is 3.82. The SMILES string of the molecule is CC1(C)[C@H]2CC[C@]1(C)/C(=N/NC(=O)CCS(=O)(=O)c1ccc(Cl)cc1)C2. The van der Waals surface area contributed by atoms with Gasteiger partial charge in [-0.3, -0.25) is 4.79 Å². The van der Waals surface area contributed by atoms with Crippen molar-refractivity contribution in [1.82, 2.24) is 5.43 Å². The Bertz CT molecular complexity index is 846. The third-order valence-electron chi connectivity index (χ3n) is 6.60. The molecule has 0 unspecified atom stereocenters. The molecular formula is C19H25ClN2O3S. The quantitative estimate of drug-likeness (QED) is 0.768. The summed E-state index contributed by atoms with van der Waals surface area (Å²) in [5.41, 5.74) is 3.81. The van der Waals surface area contributed by atoms with E-state index in [0.29, 0.717) is 10.9 Å². The molecule has 0 spiro atoms. The maximum atomic E-state index is 12.3. The lowest BCUT2D eigenvalue weighted by atomic mass is 9.70. The van der Waals surface area contributed by atoms with Crippen LogP contribution in [0, 0.1) is 16.7 Å². The maximum absolute atomic E-state index is 12.3. The van der Waals surface area contributed by atoms with E-state index >= 15 is 0 Å². The van der Waals surface area contributed by atoms with Crippen molar-refractivity contribution in [3.8, 4) is 0 Å². The molecule has 0 aromatic heterocycles. The Morgan fingerprint density at radius 1 is 1.27 bits per heavy atom. The van der Waals surface area contributed by atoms with Gasteiger partial charge in [-0.15, -0.1) is 0 Å². The molecule has 1 aromatic rings. The molecular weight excluding hydrogens is 372 g/mol. The Morgan fingerprint density at radius 2 is 1.92 bits per heavy atom. The summed E-state index contributed by atoms with van der Waals surface area (Å²) >= 11 is 5.78. The minimum atomic E-state index is -3.52. The number of hydrazone groups is 1. The summed E-state index contributed by atoms with van der Waals surface area (Å²) in [6.07, 6.45) is 3.08. The van der Waals surface area contributed by atoms with Crippen LogP contribution in [0.2, 0.25) is 5.02 Å². The van der Waals surface area contributed by atoms with Crippen LogP contribution in [0.15, 0.2) is 34.3 Å². The van der Waals surface area contributed by atoms with Crippen molar-refractivity contribution < 1.29 is 13.2 Å². The van der Waals surface area contributed by atoms with Gasteiger partial charge in [-0.1, -0.05) is 32.4 Å². The van der Waals surface area contributed by atoms with Gasteiger partial charge in [0.05, 0.1) is 10.6 Å². The number of benzene rings is 1. The van der Waals surface area contributed by atoms with Gasteiger partial charge in [-0.05, 0) is 54.9 Å². The fraction of sp³-hybridized carbons (Fsp3) is 0.579. The van der Waals surface area contributed by atoms with Crippen LogP contribution < -0.4 is 5.43 Å². The van der Waals surface area contributed by atoms with Gasteiger partial charge in [0.15, 0.2) is 9.84 Å². The molecule has 2 aliphatic carbocycles. The van der Waals surface area contributed by atoms with Crippen LogP contribution in [0.1, 0.15) is 46.5 Å². The average molecular weight is 397 g/mol. The van der Waals surface area contributed by atoms with E-state index in [1.165, 1.54) is 30.7 Å². The molecule has 0 saturated heterocycles. The van der Waals surface area contributed by atoms with E-state index in [1.54, 1.807) is 0 Å². The molecule has 0 radical (unpaired) electrons. The van der Waals surface area contributed by atoms with Crippen LogP contribution in [0.5, 0.6) is 0 Å². The van der Waals surface area contributed by atoms with Gasteiger partial charge in [0.1, 0.15) is 0 Å². The Morgan fingerprint density at radius 3 is 2.46 bits per heavy atom. The average Bonchev–Trinajstić information content (AvgIpc) is 2.92. The van der Waals surface area contributed by atoms with E-state index < -0.39 is 9.84 Å². The molecule has 142 valence electrons. The highest BCUT2D eigenvalue weighted by Gasteiger charge is 2.60. The van der Waals surface area contributed by atoms with Gasteiger partial charge in [0, 0.05) is 22.6 Å². The van der Waals surface area contributed by atoms with Crippen molar-refractivity contribution in [2.24, 2.45) is 21.8 Å². The van der Waals surface area contributed by atoms with Crippen molar-refractivity contribution in [1.29, 1.82) is 0 Å². The Labute approximate surface area is 160 Å². The van der Waals surface area contributed by atoms with Gasteiger partial charge >= 0.3 is 0 Å². The van der Waals surface area contributed by atoms with Gasteiger partial charge in [-0.2, -0.15) is 5.10 Å². The van der Waals surface area contributed by atoms with E-state index in [9.17, 15) is 13.2 Å². The first-order chi connectivity index (χ1) is 12.1. The summed E-state index contributed by atoms with van der Waals surface area (Å²) in [5.74, 6) is -0.0240. The number of rotatable bonds is 5. The number of halogens is 1. The third kappa shape index (κ3) is 3.29. The van der Waals surface area contributed by atoms with E-state index in [4.69, 9.17) is 11.6 Å². The molecule has 26 heavy (non-hydrogen) atoms. The van der Waals surface area contributed by atoms with Crippen molar-refractivity contribution in [2.45, 2.75) is 51.3 Å². The number of sulfone groups is 1. The standard InChI is InChI=1S/C19H25ClN2O3S/c1-18(2)13-8-10-19(18,3)16(12-13)21-22-17(23)9-11-26(24,25)15-6-4-14(20)5-7-15/h4-7,13H,8-12H2,1-3H3,(H,22,23)/b21-16+/t13-,19+/m0/s1. The van der Waals surface area contributed by atoms with Crippen LogP contribution in [0.25, 0.3) is 0 Å². The summed E-state index contributed by atoms with van der Waals surface area (Å²) in [7, 11) is -3.52. The smallest absolute Gasteiger partial charge is 0.241 e. The molecule has 2 atom stereocenters. The lowest BCUT2D eigenvalue weighted by Crippen LogP contribution is -2.34. The molecule has 2 bridgehead atoms. The summed E-state index contributed by atoms with van der Waals surface area (Å²) in [6, 6.07) is 5.96. The molecule has 0 heterocycles. The van der Waals surface area contributed by atoms with Crippen LogP contribution in [0.3, 0.4) is 0 Å². The molecule has 1 amide bonds. The monoisotopic (exact) mass is 396 g/mol. The van der Waals surface area contributed by atoms with E-state index in [-0.39, 0.29) is 33.8 Å². The van der Waals surface area contributed by atoms with Crippen molar-refractivity contribution in [3.63, 3.8) is 0 Å². The van der Waals surface area contributed by atoms with Gasteiger partial charge in [0.25, 0.3) is 0 Å². The van der Waals surface area contributed by atoms with Crippen molar-refractivity contribution in [3.05, 3.63) is 29.3 Å². The number of carbonyl (C=O) groups is 1. The first kappa shape index (κ1) is 19.4. The molecule has 7 heteroatoms. The second-order valence-electron chi connectivity index (χ2n) is 8.11. The minimum Gasteiger partial charge on any atom is -0.273 e. The number of hydrogen-bond donors (Lipinski definition) is 1. The molecule has 1 aromatic carbocycles. The number of fused-ring (bicyclic) bond motifs is 2. The van der Waals surface area contributed by atoms with E-state index in [0.717, 1.165) is 18.6 Å². The summed E-state index contributed by atoms with van der Waals surface area (Å²) in [6.45, 7) is 6.76. The zero-order chi connectivity index (χ0) is 19.2. The maximum Gasteiger partial charge on any atom is 0.241 e. The topological polar surface area (TPSA) is 75.6 Å². The zero-order valence-corrected chi connectivity index (χ0v) is 17.0. The normalized spacial score (nSPS) is 28.5. The highest BCUT2D eigenvalue weighted by Crippen LogP contribution is 2.63. The molecule has 1 N–H and O–H groups in total. The van der Waals surface area contributed by atoms with Crippen molar-refractivity contribution >= 4 is 33.1 Å². The second kappa shape index (κ2) is 6.64. The summed E-state index contributed by atoms with van der Waals surface area (Å²) in [5, 5.41) is 4.84. The lowest BCUT2D eigenvalue weighted by molar-refractivity contribution is -0.120. The van der Waals surface area contributed by atoms with Gasteiger partial charge in [0.2, 0.25) is 5.91 Å². The fourth-order valence-electron chi connectivity index (χ4n) is 4.27. The van der Waals surface area contributed by atoms with Gasteiger partial charge in [-0.25, -0.2) is 13.8 Å². The highest BCUT2D eigenvalue weighted by molar-refractivity contribution is 7.91. The van der Waals surface area contributed by atoms with Crippen LogP contribution in [0.4, 0.5) is 0 Å². The van der Waals surface area contributed by atoms with Crippen LogP contribution >= 0.6 is 11.6 Å². The lowest BCUT2D eigenvalue weighted by Gasteiger charge is -2.34. The number of amides is 1. The van der Waals surface area contributed by atoms with Crippen LogP contribution in [-0.4, -0.2) is 25.8 Å². The first-order valence-corrected chi connectivity index (χ1v) is 10.9. The van der Waals surface area contributed by atoms with Crippen molar-refractivity contribution in [2.75, 3.05) is 5.75 Å². The Kier molecular flexibility index (Phi) is 4.95. The first-order valence-electron chi connectivity index (χ1n) is 8.90. The number of carbonyl (C=O) groups excluding carboxylic acids is 1. The summed E-state index contributed by atoms with van der Waals surface area (Å²) < 4.78 is 24.6. The fourth-order valence-corrected chi connectivity index (χ4v) is 5.64. The molecule has 5 nitrogen and oxygen atoms in total. The largest absolute Gasteiger partial charge is 0.273 e. The minimum absolute atomic E-state index is 0.0142.